The second-order valence-corrected chi connectivity index (χ2v) is 7.17. The first kappa shape index (κ1) is 19.1. The van der Waals surface area contributed by atoms with E-state index in [0.29, 0.717) is 32.5 Å². The number of rotatable bonds is 6. The van der Waals surface area contributed by atoms with Crippen molar-refractivity contribution in [1.82, 2.24) is 10.2 Å². The number of carbonyl (C=O) groups is 2. The topological polar surface area (TPSA) is 49.4 Å². The molecule has 5 heteroatoms. The molecule has 0 aromatic heterocycles. The molecular formula is C22H25FN2O2. The highest BCUT2D eigenvalue weighted by molar-refractivity contribution is 5.83. The van der Waals surface area contributed by atoms with E-state index in [0.717, 1.165) is 12.0 Å². The summed E-state index contributed by atoms with van der Waals surface area (Å²) in [6.45, 7) is 3.34. The lowest BCUT2D eigenvalue weighted by Gasteiger charge is -2.32. The fourth-order valence-corrected chi connectivity index (χ4v) is 3.37. The van der Waals surface area contributed by atoms with E-state index >= 15 is 0 Å². The lowest BCUT2D eigenvalue weighted by molar-refractivity contribution is -0.138. The minimum Gasteiger partial charge on any atom is -0.355 e. The maximum atomic E-state index is 13.4. The van der Waals surface area contributed by atoms with Crippen LogP contribution in [0, 0.1) is 18.7 Å². The number of aryl methyl sites for hydroxylation is 1. The molecule has 4 nitrogen and oxygen atoms in total. The van der Waals surface area contributed by atoms with Crippen LogP contribution in [0.15, 0.2) is 48.5 Å². The second-order valence-electron chi connectivity index (χ2n) is 7.17. The predicted molar refractivity (Wildman–Crippen MR) is 102 cm³/mol. The third-order valence-corrected chi connectivity index (χ3v) is 4.97. The minimum absolute atomic E-state index is 0.0150. The van der Waals surface area contributed by atoms with Gasteiger partial charge in [0.1, 0.15) is 5.82 Å². The Balaban J connectivity index is 1.51. The normalized spacial score (nSPS) is 17.0. The zero-order valence-electron chi connectivity index (χ0n) is 15.6. The van der Waals surface area contributed by atoms with Crippen LogP contribution in [0.5, 0.6) is 0 Å². The first-order chi connectivity index (χ1) is 13.0. The van der Waals surface area contributed by atoms with Gasteiger partial charge in [0.25, 0.3) is 0 Å². The van der Waals surface area contributed by atoms with Crippen LogP contribution in [0.1, 0.15) is 29.5 Å². The highest BCUT2D eigenvalue weighted by Crippen LogP contribution is 2.20. The summed E-state index contributed by atoms with van der Waals surface area (Å²) >= 11 is 0. The Labute approximate surface area is 159 Å². The van der Waals surface area contributed by atoms with Crippen molar-refractivity contribution in [3.05, 3.63) is 71.0 Å². The second kappa shape index (κ2) is 8.80. The van der Waals surface area contributed by atoms with Crippen molar-refractivity contribution in [2.75, 3.05) is 13.1 Å². The Hall–Kier alpha value is -2.69. The van der Waals surface area contributed by atoms with Gasteiger partial charge in [0, 0.05) is 26.1 Å². The van der Waals surface area contributed by atoms with E-state index in [4.69, 9.17) is 0 Å². The molecule has 1 aliphatic rings. The molecule has 0 saturated carbocycles. The minimum atomic E-state index is -0.317. The van der Waals surface area contributed by atoms with Crippen LogP contribution < -0.4 is 5.32 Å². The molecule has 2 amide bonds. The molecule has 1 saturated heterocycles. The highest BCUT2D eigenvalue weighted by Gasteiger charge is 2.30. The van der Waals surface area contributed by atoms with Crippen LogP contribution >= 0.6 is 0 Å². The maximum Gasteiger partial charge on any atom is 0.224 e. The molecular weight excluding hydrogens is 343 g/mol. The lowest BCUT2D eigenvalue weighted by Crippen LogP contribution is -2.45. The first-order valence-corrected chi connectivity index (χ1v) is 9.37. The monoisotopic (exact) mass is 368 g/mol. The smallest absolute Gasteiger partial charge is 0.224 e. The molecule has 2 aromatic rings. The summed E-state index contributed by atoms with van der Waals surface area (Å²) in [6.07, 6.45) is 1.70. The first-order valence-electron chi connectivity index (χ1n) is 9.37. The molecule has 27 heavy (non-hydrogen) atoms. The van der Waals surface area contributed by atoms with E-state index < -0.39 is 0 Å². The maximum absolute atomic E-state index is 13.4. The van der Waals surface area contributed by atoms with Crippen molar-refractivity contribution in [2.45, 2.75) is 32.7 Å². The molecule has 3 rings (SSSR count). The van der Waals surface area contributed by atoms with Gasteiger partial charge >= 0.3 is 0 Å². The summed E-state index contributed by atoms with van der Waals surface area (Å²) in [5.41, 5.74) is 3.14. The number of nitrogens with one attached hydrogen (secondary N) is 1. The Morgan fingerprint density at radius 2 is 1.96 bits per heavy atom. The van der Waals surface area contributed by atoms with Crippen LogP contribution in [0.25, 0.3) is 0 Å². The van der Waals surface area contributed by atoms with Gasteiger partial charge in [-0.25, -0.2) is 4.39 Å². The zero-order chi connectivity index (χ0) is 19.2. The van der Waals surface area contributed by atoms with Gasteiger partial charge in [0.05, 0.1) is 5.92 Å². The molecule has 0 unspecified atom stereocenters. The van der Waals surface area contributed by atoms with E-state index in [1.165, 1.54) is 23.3 Å². The van der Waals surface area contributed by atoms with Crippen molar-refractivity contribution in [3.63, 3.8) is 0 Å². The molecule has 1 N–H and O–H groups in total. The third-order valence-electron chi connectivity index (χ3n) is 4.97. The fourth-order valence-electron chi connectivity index (χ4n) is 3.37. The van der Waals surface area contributed by atoms with Gasteiger partial charge in [0.2, 0.25) is 11.8 Å². The molecule has 0 spiro atoms. The van der Waals surface area contributed by atoms with Crippen LogP contribution in [0.2, 0.25) is 0 Å². The molecule has 1 atom stereocenters. The molecule has 142 valence electrons. The van der Waals surface area contributed by atoms with Gasteiger partial charge in [-0.15, -0.1) is 0 Å². The van der Waals surface area contributed by atoms with Crippen molar-refractivity contribution in [1.29, 1.82) is 0 Å². The average Bonchev–Trinajstić information content (AvgIpc) is 2.65. The quantitative estimate of drug-likeness (QED) is 0.851. The van der Waals surface area contributed by atoms with E-state index in [2.05, 4.69) is 29.6 Å². The van der Waals surface area contributed by atoms with Crippen LogP contribution in [0.3, 0.4) is 0 Å². The van der Waals surface area contributed by atoms with E-state index in [1.54, 1.807) is 17.0 Å². The number of piperidine rings is 1. The fraction of sp³-hybridized carbons (Fsp3) is 0.364. The van der Waals surface area contributed by atoms with Crippen LogP contribution in [-0.2, 0) is 22.6 Å². The number of hydrogen-bond acceptors (Lipinski definition) is 2. The molecule has 2 aromatic carbocycles. The average molecular weight is 368 g/mol. The zero-order valence-corrected chi connectivity index (χ0v) is 15.6. The summed E-state index contributed by atoms with van der Waals surface area (Å²) in [5.74, 6) is -0.529. The number of amides is 2. The van der Waals surface area contributed by atoms with Crippen LogP contribution in [-0.4, -0.2) is 29.8 Å². The summed E-state index contributed by atoms with van der Waals surface area (Å²) in [6, 6.07) is 14.5. The van der Waals surface area contributed by atoms with Crippen molar-refractivity contribution >= 4 is 11.8 Å². The number of carbonyl (C=O) groups excluding carboxylic acids is 2. The Bertz CT molecular complexity index is 804. The predicted octanol–water partition coefficient (Wildman–Crippen LogP) is 3.23. The molecule has 1 aliphatic heterocycles. The van der Waals surface area contributed by atoms with Gasteiger partial charge in [-0.3, -0.25) is 9.59 Å². The number of nitrogens with zero attached hydrogens (tertiary/aromatic N) is 1. The molecule has 0 bridgehead atoms. The molecule has 0 aliphatic carbocycles. The Morgan fingerprint density at radius 3 is 2.70 bits per heavy atom. The Morgan fingerprint density at radius 1 is 1.19 bits per heavy atom. The summed E-state index contributed by atoms with van der Waals surface area (Å²) in [5, 5.41) is 2.99. The number of halogens is 1. The Kier molecular flexibility index (Phi) is 6.22. The SMILES string of the molecule is Cc1ccc(CCNC(=O)[C@H]2CCC(=O)N(Cc3cccc(F)c3)C2)cc1. The van der Waals surface area contributed by atoms with Gasteiger partial charge in [-0.05, 0) is 43.0 Å². The molecule has 0 radical (unpaired) electrons. The van der Waals surface area contributed by atoms with Crippen molar-refractivity contribution in [3.8, 4) is 0 Å². The van der Waals surface area contributed by atoms with Crippen LogP contribution in [0.4, 0.5) is 4.39 Å². The van der Waals surface area contributed by atoms with Gasteiger partial charge < -0.3 is 10.2 Å². The molecule has 1 fully saturated rings. The van der Waals surface area contributed by atoms with Gasteiger partial charge in [-0.2, -0.15) is 0 Å². The summed E-state index contributed by atoms with van der Waals surface area (Å²) in [7, 11) is 0. The lowest BCUT2D eigenvalue weighted by atomic mass is 9.96. The summed E-state index contributed by atoms with van der Waals surface area (Å²) in [4.78, 5) is 26.3. The van der Waals surface area contributed by atoms with E-state index in [9.17, 15) is 14.0 Å². The van der Waals surface area contributed by atoms with E-state index in [1.807, 2.05) is 6.92 Å². The summed E-state index contributed by atoms with van der Waals surface area (Å²) < 4.78 is 13.4. The highest BCUT2D eigenvalue weighted by atomic mass is 19.1. The van der Waals surface area contributed by atoms with Crippen molar-refractivity contribution < 1.29 is 14.0 Å². The number of benzene rings is 2. The van der Waals surface area contributed by atoms with Gasteiger partial charge in [0.15, 0.2) is 0 Å². The third kappa shape index (κ3) is 5.39. The number of hydrogen-bond donors (Lipinski definition) is 1. The van der Waals surface area contributed by atoms with E-state index in [-0.39, 0.29) is 23.5 Å². The number of likely N-dealkylation sites (tertiary alicyclic amines) is 1. The largest absolute Gasteiger partial charge is 0.355 e. The standard InChI is InChI=1S/C22H25FN2O2/c1-16-5-7-17(8-6-16)11-12-24-22(27)19-9-10-21(26)25(15-19)14-18-3-2-4-20(23)13-18/h2-8,13,19H,9-12,14-15H2,1H3,(H,24,27)/t19-/m0/s1. The molecule has 1 heterocycles. The van der Waals surface area contributed by atoms with Crippen molar-refractivity contribution in [2.24, 2.45) is 5.92 Å². The van der Waals surface area contributed by atoms with Gasteiger partial charge in [-0.1, -0.05) is 42.0 Å².